The van der Waals surface area contributed by atoms with Gasteiger partial charge >= 0.3 is 0 Å². The van der Waals surface area contributed by atoms with Gasteiger partial charge in [0, 0.05) is 4.75 Å². The summed E-state index contributed by atoms with van der Waals surface area (Å²) in [6, 6.07) is 0. The number of hydrogen-bond donors (Lipinski definition) is 1. The van der Waals surface area contributed by atoms with Crippen LogP contribution in [0, 0.1) is 0 Å². The first-order valence-electron chi connectivity index (χ1n) is 3.95. The highest BCUT2D eigenvalue weighted by Crippen LogP contribution is 2.37. The Kier molecular flexibility index (Phi) is 3.47. The summed E-state index contributed by atoms with van der Waals surface area (Å²) < 4.78 is -0.134. The molecular formula is C9H12OS2. The van der Waals surface area contributed by atoms with Crippen LogP contribution >= 0.6 is 24.4 Å². The summed E-state index contributed by atoms with van der Waals surface area (Å²) in [4.78, 5) is 10.8. The molecule has 1 unspecified atom stereocenters. The van der Waals surface area contributed by atoms with E-state index in [-0.39, 0.29) is 9.19 Å². The molecule has 0 amide bonds. The number of rotatable bonds is 2. The fraction of sp³-hybridized carbons (Fsp3) is 0.444. The number of carbonyl (C=O) groups is 1. The van der Waals surface area contributed by atoms with Crippen molar-refractivity contribution in [2.75, 3.05) is 0 Å². The zero-order chi connectivity index (χ0) is 9.03. The number of allylic oxidation sites excluding steroid dienone is 3. The summed E-state index contributed by atoms with van der Waals surface area (Å²) in [6.45, 7) is 2.09. The monoisotopic (exact) mass is 200 g/mol. The number of thiol groups is 1. The standard InChI is InChI=1S/C9H12OS2/c1-2-9(12-8(10)11)6-4-3-5-7-9/h3-6H,2,7H2,1H3,(H,10,11). The first-order chi connectivity index (χ1) is 5.68. The Morgan fingerprint density at radius 3 is 2.83 bits per heavy atom. The summed E-state index contributed by atoms with van der Waals surface area (Å²) in [7, 11) is 0. The van der Waals surface area contributed by atoms with Crippen molar-refractivity contribution in [2.45, 2.75) is 24.5 Å². The van der Waals surface area contributed by atoms with Gasteiger partial charge < -0.3 is 0 Å². The maximum Gasteiger partial charge on any atom is 0.243 e. The third-order valence-electron chi connectivity index (χ3n) is 2.00. The van der Waals surface area contributed by atoms with Crippen LogP contribution in [0.4, 0.5) is 4.79 Å². The fourth-order valence-electron chi connectivity index (χ4n) is 1.23. The van der Waals surface area contributed by atoms with Gasteiger partial charge in [-0.3, -0.25) is 4.79 Å². The minimum absolute atomic E-state index is 0.0341. The van der Waals surface area contributed by atoms with Crippen LogP contribution in [0.1, 0.15) is 19.8 Å². The molecule has 0 aromatic heterocycles. The lowest BCUT2D eigenvalue weighted by Crippen LogP contribution is -2.21. The van der Waals surface area contributed by atoms with E-state index in [9.17, 15) is 4.79 Å². The van der Waals surface area contributed by atoms with Crippen LogP contribution in [0.2, 0.25) is 0 Å². The molecule has 0 aliphatic heterocycles. The molecule has 12 heavy (non-hydrogen) atoms. The number of thioether (sulfide) groups is 1. The van der Waals surface area contributed by atoms with Gasteiger partial charge in [-0.1, -0.05) is 55.6 Å². The second kappa shape index (κ2) is 4.19. The van der Waals surface area contributed by atoms with Gasteiger partial charge in [0.05, 0.1) is 0 Å². The van der Waals surface area contributed by atoms with E-state index in [1.807, 2.05) is 12.2 Å². The molecule has 1 rings (SSSR count). The Bertz CT molecular complexity index is 233. The summed E-state index contributed by atoms with van der Waals surface area (Å²) in [6.07, 6.45) is 10.1. The van der Waals surface area contributed by atoms with Crippen molar-refractivity contribution in [1.29, 1.82) is 0 Å². The van der Waals surface area contributed by atoms with Gasteiger partial charge in [0.25, 0.3) is 0 Å². The molecular weight excluding hydrogens is 188 g/mol. The topological polar surface area (TPSA) is 17.1 Å². The maximum absolute atomic E-state index is 10.8. The smallest absolute Gasteiger partial charge is 0.243 e. The van der Waals surface area contributed by atoms with Gasteiger partial charge in [0.15, 0.2) is 0 Å². The summed E-state index contributed by atoms with van der Waals surface area (Å²) >= 11 is 5.09. The highest BCUT2D eigenvalue weighted by Gasteiger charge is 2.27. The second-order valence-corrected chi connectivity index (χ2v) is 4.87. The Morgan fingerprint density at radius 1 is 1.67 bits per heavy atom. The molecule has 1 aliphatic rings. The van der Waals surface area contributed by atoms with Crippen LogP contribution in [-0.4, -0.2) is 9.19 Å². The van der Waals surface area contributed by atoms with E-state index < -0.39 is 0 Å². The van der Waals surface area contributed by atoms with Crippen molar-refractivity contribution in [1.82, 2.24) is 0 Å². The minimum atomic E-state index is -0.100. The molecule has 1 atom stereocenters. The summed E-state index contributed by atoms with van der Waals surface area (Å²) in [5, 5.41) is 0. The Balaban J connectivity index is 2.69. The van der Waals surface area contributed by atoms with Crippen molar-refractivity contribution in [3.63, 3.8) is 0 Å². The van der Waals surface area contributed by atoms with Crippen molar-refractivity contribution in [3.8, 4) is 0 Å². The van der Waals surface area contributed by atoms with Crippen LogP contribution in [0.5, 0.6) is 0 Å². The average molecular weight is 200 g/mol. The van der Waals surface area contributed by atoms with Crippen molar-refractivity contribution >= 4 is 28.8 Å². The predicted octanol–water partition coefficient (Wildman–Crippen LogP) is 3.43. The fourth-order valence-corrected chi connectivity index (χ4v) is 2.59. The molecule has 0 aromatic carbocycles. The molecule has 1 aliphatic carbocycles. The van der Waals surface area contributed by atoms with E-state index >= 15 is 0 Å². The van der Waals surface area contributed by atoms with Crippen LogP contribution in [-0.2, 0) is 0 Å². The zero-order valence-corrected chi connectivity index (χ0v) is 8.70. The van der Waals surface area contributed by atoms with E-state index in [1.54, 1.807) is 0 Å². The number of hydrogen-bond acceptors (Lipinski definition) is 2. The molecule has 3 heteroatoms. The summed E-state index contributed by atoms with van der Waals surface area (Å²) in [5.74, 6) is 0. The lowest BCUT2D eigenvalue weighted by Gasteiger charge is -2.27. The minimum Gasteiger partial charge on any atom is -0.275 e. The SMILES string of the molecule is CCC1(SC(=O)S)C=CC=CC1. The van der Waals surface area contributed by atoms with Crippen LogP contribution in [0.3, 0.4) is 0 Å². The molecule has 0 heterocycles. The number of carbonyl (C=O) groups excluding carboxylic acids is 1. The lowest BCUT2D eigenvalue weighted by molar-refractivity contribution is 0.276. The van der Waals surface area contributed by atoms with E-state index in [4.69, 9.17) is 0 Å². The van der Waals surface area contributed by atoms with E-state index in [2.05, 4.69) is 31.7 Å². The van der Waals surface area contributed by atoms with E-state index in [0.717, 1.165) is 12.8 Å². The molecule has 0 aromatic rings. The molecule has 1 nitrogen and oxygen atoms in total. The van der Waals surface area contributed by atoms with Gasteiger partial charge in [-0.05, 0) is 12.8 Å². The quantitative estimate of drug-likeness (QED) is 0.688. The average Bonchev–Trinajstić information content (AvgIpc) is 2.05. The van der Waals surface area contributed by atoms with Gasteiger partial charge in [-0.15, -0.1) is 0 Å². The van der Waals surface area contributed by atoms with Crippen LogP contribution < -0.4 is 0 Å². The highest BCUT2D eigenvalue weighted by molar-refractivity contribution is 8.32. The van der Waals surface area contributed by atoms with Gasteiger partial charge in [-0.2, -0.15) is 0 Å². The largest absolute Gasteiger partial charge is 0.275 e. The third kappa shape index (κ3) is 2.42. The zero-order valence-electron chi connectivity index (χ0n) is 6.99. The first-order valence-corrected chi connectivity index (χ1v) is 5.21. The van der Waals surface area contributed by atoms with Crippen molar-refractivity contribution in [3.05, 3.63) is 24.3 Å². The summed E-state index contributed by atoms with van der Waals surface area (Å²) in [5.41, 5.74) is 0. The molecule has 0 N–H and O–H groups in total. The van der Waals surface area contributed by atoms with Crippen LogP contribution in [0.15, 0.2) is 24.3 Å². The second-order valence-electron chi connectivity index (χ2n) is 2.78. The molecule has 0 saturated carbocycles. The van der Waals surface area contributed by atoms with Gasteiger partial charge in [0.1, 0.15) is 0 Å². The van der Waals surface area contributed by atoms with Gasteiger partial charge in [-0.25, -0.2) is 0 Å². The third-order valence-corrected chi connectivity index (χ3v) is 3.45. The normalized spacial score (nSPS) is 27.5. The predicted molar refractivity (Wildman–Crippen MR) is 57.9 cm³/mol. The van der Waals surface area contributed by atoms with Gasteiger partial charge in [0.2, 0.25) is 4.45 Å². The first kappa shape index (κ1) is 9.93. The molecule has 0 spiro atoms. The Labute approximate surface area is 82.7 Å². The van der Waals surface area contributed by atoms with Crippen LogP contribution in [0.25, 0.3) is 0 Å². The molecule has 0 fully saturated rings. The molecule has 66 valence electrons. The van der Waals surface area contributed by atoms with E-state index in [0.29, 0.717) is 0 Å². The van der Waals surface area contributed by atoms with Crippen molar-refractivity contribution in [2.24, 2.45) is 0 Å². The highest BCUT2D eigenvalue weighted by atomic mass is 32.2. The lowest BCUT2D eigenvalue weighted by atomic mass is 9.97. The molecule has 0 radical (unpaired) electrons. The molecule has 0 bridgehead atoms. The van der Waals surface area contributed by atoms with E-state index in [1.165, 1.54) is 11.8 Å². The Morgan fingerprint density at radius 2 is 2.42 bits per heavy atom. The maximum atomic E-state index is 10.8. The Hall–Kier alpha value is -0.150. The van der Waals surface area contributed by atoms with Crippen molar-refractivity contribution < 1.29 is 4.79 Å². The molecule has 0 saturated heterocycles.